The van der Waals surface area contributed by atoms with Gasteiger partial charge in [-0.25, -0.2) is 0 Å². The Morgan fingerprint density at radius 2 is 0.900 bits per heavy atom. The van der Waals surface area contributed by atoms with E-state index in [1.54, 1.807) is 0 Å². The second-order valence-corrected chi connectivity index (χ2v) is 4.36. The first-order valence-electron chi connectivity index (χ1n) is 1.75. The molecule has 0 saturated carbocycles. The average Bonchev–Trinajstić information content (AvgIpc) is 1.14. The Hall–Kier alpha value is 1.35. The van der Waals surface area contributed by atoms with Crippen molar-refractivity contribution in [2.45, 2.75) is 0 Å². The van der Waals surface area contributed by atoms with E-state index in [1.165, 1.54) is 0 Å². The van der Waals surface area contributed by atoms with Crippen molar-refractivity contribution in [1.29, 1.82) is 0 Å². The Kier molecular flexibility index (Phi) is 6.11. The Labute approximate surface area is 86.1 Å². The maximum Gasteiger partial charge on any atom is 0.665 e. The van der Waals surface area contributed by atoms with Gasteiger partial charge in [-0.3, -0.25) is 0 Å². The number of hydrogen-bond acceptors (Lipinski definition) is 7. The summed E-state index contributed by atoms with van der Waals surface area (Å²) in [7, 11) is -9.96. The van der Waals surface area contributed by atoms with Gasteiger partial charge in [-0.05, 0) is 0 Å². The molecule has 0 bridgehead atoms. The zero-order valence-corrected chi connectivity index (χ0v) is 10.3. The molecule has 0 rings (SSSR count). The monoisotopic (exact) mass is 313 g/mol. The zero-order chi connectivity index (χ0) is 7.71. The van der Waals surface area contributed by atoms with Gasteiger partial charge in [0, 0.05) is 35.6 Å². The van der Waals surface area contributed by atoms with Crippen LogP contribution in [0.15, 0.2) is 0 Å². The number of rotatable bonds is 2. The van der Waals surface area contributed by atoms with E-state index in [0.29, 0.717) is 0 Å². The molecular formula is H6LaO7Si2. The second kappa shape index (κ2) is 4.39. The van der Waals surface area contributed by atoms with Crippen LogP contribution in [0.1, 0.15) is 0 Å². The average molecular weight is 313 g/mol. The maximum absolute atomic E-state index is 7.94. The van der Waals surface area contributed by atoms with Crippen molar-refractivity contribution in [3.8, 4) is 0 Å². The molecule has 6 N–H and O–H groups in total. The minimum Gasteiger partial charge on any atom is -0.368 e. The molecule has 0 aliphatic rings. The van der Waals surface area contributed by atoms with Crippen molar-refractivity contribution in [3.05, 3.63) is 0 Å². The molecule has 0 heterocycles. The molecule has 10 heteroatoms. The van der Waals surface area contributed by atoms with Gasteiger partial charge in [-0.1, -0.05) is 0 Å². The van der Waals surface area contributed by atoms with E-state index in [1.807, 2.05) is 0 Å². The van der Waals surface area contributed by atoms with Crippen molar-refractivity contribution in [2.24, 2.45) is 0 Å². The molecule has 0 spiro atoms. The van der Waals surface area contributed by atoms with Crippen molar-refractivity contribution < 1.29 is 68.5 Å². The molecule has 10 heavy (non-hydrogen) atoms. The largest absolute Gasteiger partial charge is 0.665 e. The maximum atomic E-state index is 7.94. The van der Waals surface area contributed by atoms with Gasteiger partial charge >= 0.3 is 18.1 Å². The first-order valence-corrected chi connectivity index (χ1v) is 5.25. The molecule has 0 amide bonds. The standard InChI is InChI=1S/La.H6O7Si2/c;1-8(2,3)7-9(4,5)6/h;1-6H. The molecule has 0 aliphatic heterocycles. The van der Waals surface area contributed by atoms with E-state index >= 15 is 0 Å². The van der Waals surface area contributed by atoms with Crippen molar-refractivity contribution >= 4 is 18.1 Å². The quantitative estimate of drug-likeness (QED) is 0.285. The van der Waals surface area contributed by atoms with Gasteiger partial charge in [0.15, 0.2) is 0 Å². The van der Waals surface area contributed by atoms with E-state index in [9.17, 15) is 0 Å². The van der Waals surface area contributed by atoms with Crippen LogP contribution >= 0.6 is 0 Å². The summed E-state index contributed by atoms with van der Waals surface area (Å²) in [5.41, 5.74) is 0. The SMILES string of the molecule is O[Si](O)(O)O[Si](O)(O)O.[La]. The van der Waals surface area contributed by atoms with Crippen LogP contribution in [-0.4, -0.2) is 46.9 Å². The molecule has 0 aromatic carbocycles. The fourth-order valence-electron chi connectivity index (χ4n) is 0.184. The fraction of sp³-hybridized carbons (Fsp3) is 0. The van der Waals surface area contributed by atoms with Crippen molar-refractivity contribution in [1.82, 2.24) is 0 Å². The third-order valence-electron chi connectivity index (χ3n) is 0.274. The summed E-state index contributed by atoms with van der Waals surface area (Å²) in [6, 6.07) is 0. The van der Waals surface area contributed by atoms with Gasteiger partial charge in [0.1, 0.15) is 0 Å². The molecule has 0 aromatic heterocycles. The first kappa shape index (κ1) is 13.9. The van der Waals surface area contributed by atoms with Gasteiger partial charge in [-0.2, -0.15) is 0 Å². The van der Waals surface area contributed by atoms with Gasteiger partial charge < -0.3 is 32.9 Å². The smallest absolute Gasteiger partial charge is 0.368 e. The molecular weight excluding hydrogens is 307 g/mol. The summed E-state index contributed by atoms with van der Waals surface area (Å²) in [6.07, 6.45) is 0. The van der Waals surface area contributed by atoms with E-state index in [4.69, 9.17) is 28.8 Å². The molecule has 0 aliphatic carbocycles. The Bertz CT molecular complexity index is 76.8. The Balaban J connectivity index is 0. The van der Waals surface area contributed by atoms with Crippen LogP contribution in [0.4, 0.5) is 0 Å². The third-order valence-corrected chi connectivity index (χ3v) is 2.46. The van der Waals surface area contributed by atoms with E-state index in [0.717, 1.165) is 0 Å². The Morgan fingerprint density at radius 3 is 0.900 bits per heavy atom. The third kappa shape index (κ3) is 12.1. The summed E-state index contributed by atoms with van der Waals surface area (Å²) in [5, 5.41) is 0. The van der Waals surface area contributed by atoms with Gasteiger partial charge in [0.25, 0.3) is 0 Å². The molecule has 0 aromatic rings. The topological polar surface area (TPSA) is 131 Å². The summed E-state index contributed by atoms with van der Waals surface area (Å²) >= 11 is 0. The summed E-state index contributed by atoms with van der Waals surface area (Å²) in [6.45, 7) is 0. The second-order valence-electron chi connectivity index (χ2n) is 1.25. The van der Waals surface area contributed by atoms with E-state index in [-0.39, 0.29) is 35.6 Å². The minimum absolute atomic E-state index is 0. The molecule has 1 radical (unpaired) electrons. The van der Waals surface area contributed by atoms with Gasteiger partial charge in [0.05, 0.1) is 0 Å². The van der Waals surface area contributed by atoms with Crippen LogP contribution < -0.4 is 0 Å². The van der Waals surface area contributed by atoms with Gasteiger partial charge in [0.2, 0.25) is 0 Å². The van der Waals surface area contributed by atoms with Crippen LogP contribution in [0, 0.1) is 35.6 Å². The molecule has 0 fully saturated rings. The predicted octanol–water partition coefficient (Wildman–Crippen LogP) is -4.17. The minimum atomic E-state index is -4.98. The summed E-state index contributed by atoms with van der Waals surface area (Å²) in [4.78, 5) is 47.6. The van der Waals surface area contributed by atoms with Crippen LogP contribution in [0.25, 0.3) is 0 Å². The van der Waals surface area contributed by atoms with Crippen molar-refractivity contribution in [2.75, 3.05) is 0 Å². The molecule has 0 unspecified atom stereocenters. The van der Waals surface area contributed by atoms with Crippen molar-refractivity contribution in [3.63, 3.8) is 0 Å². The van der Waals surface area contributed by atoms with Crippen LogP contribution in [0.5, 0.6) is 0 Å². The summed E-state index contributed by atoms with van der Waals surface area (Å²) in [5.74, 6) is 0. The van der Waals surface area contributed by atoms with Crippen LogP contribution in [-0.2, 0) is 4.12 Å². The predicted molar refractivity (Wildman–Crippen MR) is 25.9 cm³/mol. The molecule has 7 nitrogen and oxygen atoms in total. The fourth-order valence-corrected chi connectivity index (χ4v) is 1.65. The summed E-state index contributed by atoms with van der Waals surface area (Å²) < 4.78 is 3.24. The molecule has 59 valence electrons. The van der Waals surface area contributed by atoms with Crippen LogP contribution in [0.2, 0.25) is 0 Å². The number of hydrogen-bond donors (Lipinski definition) is 6. The van der Waals surface area contributed by atoms with E-state index < -0.39 is 18.1 Å². The zero-order valence-electron chi connectivity index (χ0n) is 4.67. The first-order chi connectivity index (χ1) is 3.71. The molecule has 0 saturated heterocycles. The molecule has 0 atom stereocenters. The van der Waals surface area contributed by atoms with Crippen LogP contribution in [0.3, 0.4) is 0 Å². The van der Waals surface area contributed by atoms with Gasteiger partial charge in [-0.15, -0.1) is 0 Å². The van der Waals surface area contributed by atoms with E-state index in [2.05, 4.69) is 4.12 Å². The Morgan fingerprint density at radius 1 is 0.700 bits per heavy atom. The normalized spacial score (nSPS) is 12.6.